The molecule has 0 saturated carbocycles. The Morgan fingerprint density at radius 1 is 1.18 bits per heavy atom. The van der Waals surface area contributed by atoms with Crippen molar-refractivity contribution in [3.8, 4) is 0 Å². The van der Waals surface area contributed by atoms with E-state index in [0.717, 1.165) is 13.1 Å². The SMILES string of the molecule is CCOC(=O)C1(C(C)(C)C)CN(C(C)(C)C)C1. The molecule has 100 valence electrons. The molecule has 0 N–H and O–H groups in total. The zero-order chi connectivity index (χ0) is 13.5. The van der Waals surface area contributed by atoms with Crippen LogP contribution in [-0.4, -0.2) is 36.1 Å². The van der Waals surface area contributed by atoms with Crippen molar-refractivity contribution in [1.82, 2.24) is 4.90 Å². The lowest BCUT2D eigenvalue weighted by Gasteiger charge is -2.59. The van der Waals surface area contributed by atoms with E-state index >= 15 is 0 Å². The van der Waals surface area contributed by atoms with Crippen LogP contribution in [-0.2, 0) is 9.53 Å². The van der Waals surface area contributed by atoms with E-state index in [1.54, 1.807) is 0 Å². The molecule has 0 bridgehead atoms. The highest BCUT2D eigenvalue weighted by molar-refractivity contribution is 5.79. The first-order chi connectivity index (χ1) is 7.54. The summed E-state index contributed by atoms with van der Waals surface area (Å²) in [4.78, 5) is 14.6. The van der Waals surface area contributed by atoms with Crippen molar-refractivity contribution < 1.29 is 9.53 Å². The third kappa shape index (κ3) is 2.49. The second-order valence-electron chi connectivity index (χ2n) is 7.08. The van der Waals surface area contributed by atoms with Gasteiger partial charge >= 0.3 is 5.97 Å². The molecule has 3 heteroatoms. The van der Waals surface area contributed by atoms with Crippen molar-refractivity contribution in [3.63, 3.8) is 0 Å². The van der Waals surface area contributed by atoms with Gasteiger partial charge in [-0.2, -0.15) is 0 Å². The van der Waals surface area contributed by atoms with Gasteiger partial charge in [-0.15, -0.1) is 0 Å². The van der Waals surface area contributed by atoms with Crippen molar-refractivity contribution in [2.45, 2.75) is 54.0 Å². The maximum Gasteiger partial charge on any atom is 0.315 e. The predicted octanol–water partition coefficient (Wildman–Crippen LogP) is 2.70. The molecule has 0 unspecified atom stereocenters. The Hall–Kier alpha value is -0.570. The summed E-state index contributed by atoms with van der Waals surface area (Å²) in [5, 5.41) is 0. The van der Waals surface area contributed by atoms with Crippen LogP contribution in [0, 0.1) is 10.8 Å². The number of ether oxygens (including phenoxy) is 1. The van der Waals surface area contributed by atoms with Crippen LogP contribution in [0.5, 0.6) is 0 Å². The van der Waals surface area contributed by atoms with Crippen LogP contribution in [0.3, 0.4) is 0 Å². The number of carbonyl (C=O) groups excluding carboxylic acids is 1. The molecule has 0 aliphatic carbocycles. The zero-order valence-corrected chi connectivity index (χ0v) is 12.4. The molecule has 1 aliphatic rings. The van der Waals surface area contributed by atoms with E-state index in [-0.39, 0.29) is 22.3 Å². The third-order valence-corrected chi connectivity index (χ3v) is 3.97. The molecule has 0 amide bonds. The Bertz CT molecular complexity index is 290. The topological polar surface area (TPSA) is 29.5 Å². The van der Waals surface area contributed by atoms with Crippen LogP contribution >= 0.6 is 0 Å². The van der Waals surface area contributed by atoms with E-state index in [0.29, 0.717) is 6.61 Å². The van der Waals surface area contributed by atoms with Gasteiger partial charge in [0.2, 0.25) is 0 Å². The first-order valence-electron chi connectivity index (χ1n) is 6.47. The van der Waals surface area contributed by atoms with E-state index in [1.165, 1.54) is 0 Å². The highest BCUT2D eigenvalue weighted by Gasteiger charge is 2.59. The summed E-state index contributed by atoms with van der Waals surface area (Å²) in [6.45, 7) is 16.9. The molecule has 1 heterocycles. The van der Waals surface area contributed by atoms with Crippen molar-refractivity contribution in [1.29, 1.82) is 0 Å². The lowest BCUT2D eigenvalue weighted by molar-refractivity contribution is -0.188. The summed E-state index contributed by atoms with van der Waals surface area (Å²) in [7, 11) is 0. The first-order valence-corrected chi connectivity index (χ1v) is 6.47. The van der Waals surface area contributed by atoms with Crippen LogP contribution in [0.1, 0.15) is 48.5 Å². The average Bonchev–Trinajstić information content (AvgIpc) is 1.95. The van der Waals surface area contributed by atoms with Crippen molar-refractivity contribution in [2.24, 2.45) is 10.8 Å². The van der Waals surface area contributed by atoms with Gasteiger partial charge in [0.1, 0.15) is 0 Å². The standard InChI is InChI=1S/C14H27NO2/c1-8-17-11(16)14(12(2,3)4)9-15(10-14)13(5,6)7/h8-10H2,1-7H3. The van der Waals surface area contributed by atoms with E-state index in [1.807, 2.05) is 6.92 Å². The Morgan fingerprint density at radius 3 is 1.94 bits per heavy atom. The predicted molar refractivity (Wildman–Crippen MR) is 69.8 cm³/mol. The van der Waals surface area contributed by atoms with Gasteiger partial charge in [0, 0.05) is 18.6 Å². The van der Waals surface area contributed by atoms with Crippen molar-refractivity contribution >= 4 is 5.97 Å². The summed E-state index contributed by atoms with van der Waals surface area (Å²) in [6, 6.07) is 0. The molecule has 0 atom stereocenters. The molecule has 0 aromatic carbocycles. The molecule has 1 aliphatic heterocycles. The van der Waals surface area contributed by atoms with Crippen LogP contribution < -0.4 is 0 Å². The molecule has 17 heavy (non-hydrogen) atoms. The molecule has 1 rings (SSSR count). The second kappa shape index (κ2) is 4.27. The molecule has 0 radical (unpaired) electrons. The van der Waals surface area contributed by atoms with E-state index < -0.39 is 0 Å². The number of carbonyl (C=O) groups is 1. The zero-order valence-electron chi connectivity index (χ0n) is 12.4. The molecular weight excluding hydrogens is 214 g/mol. The lowest BCUT2D eigenvalue weighted by Crippen LogP contribution is -2.70. The maximum atomic E-state index is 12.2. The summed E-state index contributed by atoms with van der Waals surface area (Å²) < 4.78 is 5.27. The fraction of sp³-hybridized carbons (Fsp3) is 0.929. The summed E-state index contributed by atoms with van der Waals surface area (Å²) in [5.41, 5.74) is -0.265. The Balaban J connectivity index is 2.86. The molecule has 0 aromatic rings. The number of likely N-dealkylation sites (tertiary alicyclic amines) is 1. The Labute approximate surface area is 106 Å². The second-order valence-corrected chi connectivity index (χ2v) is 7.08. The third-order valence-electron chi connectivity index (χ3n) is 3.97. The molecule has 3 nitrogen and oxygen atoms in total. The van der Waals surface area contributed by atoms with Gasteiger partial charge in [0.25, 0.3) is 0 Å². The Morgan fingerprint density at radius 2 is 1.65 bits per heavy atom. The highest BCUT2D eigenvalue weighted by atomic mass is 16.5. The van der Waals surface area contributed by atoms with Gasteiger partial charge in [-0.05, 0) is 33.1 Å². The fourth-order valence-corrected chi connectivity index (χ4v) is 2.26. The summed E-state index contributed by atoms with van der Waals surface area (Å²) in [5.74, 6) is -0.0343. The summed E-state index contributed by atoms with van der Waals surface area (Å²) >= 11 is 0. The monoisotopic (exact) mass is 241 g/mol. The quantitative estimate of drug-likeness (QED) is 0.696. The molecule has 0 aromatic heterocycles. The maximum absolute atomic E-state index is 12.2. The minimum atomic E-state index is -0.337. The van der Waals surface area contributed by atoms with Crippen LogP contribution in [0.15, 0.2) is 0 Å². The molecule has 1 saturated heterocycles. The van der Waals surface area contributed by atoms with E-state index in [4.69, 9.17) is 4.74 Å². The lowest BCUT2D eigenvalue weighted by atomic mass is 9.60. The van der Waals surface area contributed by atoms with Crippen LogP contribution in [0.2, 0.25) is 0 Å². The average molecular weight is 241 g/mol. The fourth-order valence-electron chi connectivity index (χ4n) is 2.26. The molecular formula is C14H27NO2. The van der Waals surface area contributed by atoms with E-state index in [9.17, 15) is 4.79 Å². The number of nitrogens with zero attached hydrogens (tertiary/aromatic N) is 1. The smallest absolute Gasteiger partial charge is 0.315 e. The van der Waals surface area contributed by atoms with Gasteiger partial charge in [0.15, 0.2) is 0 Å². The molecule has 1 fully saturated rings. The number of rotatable bonds is 2. The Kier molecular flexibility index (Phi) is 3.64. The highest BCUT2D eigenvalue weighted by Crippen LogP contribution is 2.49. The van der Waals surface area contributed by atoms with Gasteiger partial charge < -0.3 is 4.74 Å². The minimum Gasteiger partial charge on any atom is -0.465 e. The number of hydrogen-bond acceptors (Lipinski definition) is 3. The van der Waals surface area contributed by atoms with Gasteiger partial charge in [0.05, 0.1) is 12.0 Å². The van der Waals surface area contributed by atoms with Gasteiger partial charge in [-0.25, -0.2) is 0 Å². The summed E-state index contributed by atoms with van der Waals surface area (Å²) in [6.07, 6.45) is 0. The first kappa shape index (κ1) is 14.5. The number of hydrogen-bond donors (Lipinski definition) is 0. The minimum absolute atomic E-state index is 0.0343. The van der Waals surface area contributed by atoms with E-state index in [2.05, 4.69) is 46.4 Å². The normalized spacial score (nSPS) is 20.9. The van der Waals surface area contributed by atoms with Crippen molar-refractivity contribution in [2.75, 3.05) is 19.7 Å². The van der Waals surface area contributed by atoms with Crippen molar-refractivity contribution in [3.05, 3.63) is 0 Å². The van der Waals surface area contributed by atoms with Crippen LogP contribution in [0.25, 0.3) is 0 Å². The largest absolute Gasteiger partial charge is 0.465 e. The van der Waals surface area contributed by atoms with Gasteiger partial charge in [-0.1, -0.05) is 20.8 Å². The molecule has 0 spiro atoms. The van der Waals surface area contributed by atoms with Gasteiger partial charge in [-0.3, -0.25) is 9.69 Å². The van der Waals surface area contributed by atoms with Crippen LogP contribution in [0.4, 0.5) is 0 Å². The number of esters is 1.